The van der Waals surface area contributed by atoms with E-state index in [0.29, 0.717) is 6.04 Å². The second-order valence-corrected chi connectivity index (χ2v) is 6.92. The fraction of sp³-hybridized carbons (Fsp3) is 0.875. The molecule has 2 aliphatic carbocycles. The minimum Gasteiger partial charge on any atom is -0.323 e. The highest BCUT2D eigenvalue weighted by Crippen LogP contribution is 2.37. The van der Waals surface area contributed by atoms with Crippen LogP contribution in [-0.2, 0) is 4.79 Å². The van der Waals surface area contributed by atoms with E-state index in [2.05, 4.69) is 16.0 Å². The molecule has 5 heteroatoms. The van der Waals surface area contributed by atoms with Crippen molar-refractivity contribution in [2.75, 3.05) is 6.54 Å². The Labute approximate surface area is 126 Å². The van der Waals surface area contributed by atoms with Gasteiger partial charge in [-0.05, 0) is 25.7 Å². The number of carbonyl (C=O) groups excluding carboxylic acids is 2. The summed E-state index contributed by atoms with van der Waals surface area (Å²) in [6, 6.07) is 0.265. The van der Waals surface area contributed by atoms with Crippen LogP contribution in [0.15, 0.2) is 0 Å². The van der Waals surface area contributed by atoms with Crippen LogP contribution in [0.5, 0.6) is 0 Å². The molecule has 1 spiro atoms. The van der Waals surface area contributed by atoms with E-state index in [4.69, 9.17) is 0 Å². The molecule has 2 atom stereocenters. The first-order chi connectivity index (χ1) is 10.2. The van der Waals surface area contributed by atoms with Crippen molar-refractivity contribution in [3.05, 3.63) is 0 Å². The van der Waals surface area contributed by atoms with E-state index in [1.807, 2.05) is 0 Å². The normalized spacial score (nSPS) is 34.6. The number of rotatable bonds is 3. The van der Waals surface area contributed by atoms with Crippen molar-refractivity contribution in [2.45, 2.75) is 75.8 Å². The number of carbonyl (C=O) groups is 2. The maximum absolute atomic E-state index is 12.1. The standard InChI is InChI=1S/C16H27N3O2/c20-14-16(19-15(21)18-14)10-6-7-12(16)11-17-13-8-4-2-1-3-5-9-13/h12-13,17H,1-11H2,(H2,18,19,20,21)/t12-,16+/m0/s1. The SMILES string of the molecule is O=C1NC(=O)[C@]2(CCC[C@H]2CNC2CCCCCCC2)N1. The van der Waals surface area contributed by atoms with Gasteiger partial charge in [-0.25, -0.2) is 4.79 Å². The van der Waals surface area contributed by atoms with Crippen molar-refractivity contribution in [3.63, 3.8) is 0 Å². The predicted octanol–water partition coefficient (Wildman–Crippen LogP) is 2.07. The highest BCUT2D eigenvalue weighted by molar-refractivity contribution is 6.07. The molecule has 118 valence electrons. The Bertz CT molecular complexity index is 404. The highest BCUT2D eigenvalue weighted by Gasteiger charge is 2.54. The second-order valence-electron chi connectivity index (χ2n) is 6.92. The lowest BCUT2D eigenvalue weighted by Gasteiger charge is -2.30. The lowest BCUT2D eigenvalue weighted by atomic mass is 9.86. The molecule has 3 amide bonds. The summed E-state index contributed by atoms with van der Waals surface area (Å²) in [6.07, 6.45) is 12.0. The Morgan fingerprint density at radius 2 is 1.71 bits per heavy atom. The van der Waals surface area contributed by atoms with Gasteiger partial charge in [0, 0.05) is 18.5 Å². The number of amides is 3. The Morgan fingerprint density at radius 3 is 2.38 bits per heavy atom. The van der Waals surface area contributed by atoms with Crippen LogP contribution in [0.4, 0.5) is 4.79 Å². The van der Waals surface area contributed by atoms with Crippen molar-refractivity contribution in [1.29, 1.82) is 0 Å². The van der Waals surface area contributed by atoms with Gasteiger partial charge in [-0.1, -0.05) is 38.5 Å². The second kappa shape index (κ2) is 6.34. The van der Waals surface area contributed by atoms with Gasteiger partial charge in [-0.3, -0.25) is 10.1 Å². The molecule has 1 heterocycles. The number of urea groups is 1. The van der Waals surface area contributed by atoms with Crippen molar-refractivity contribution < 1.29 is 9.59 Å². The molecule has 1 saturated heterocycles. The lowest BCUT2D eigenvalue weighted by molar-refractivity contribution is -0.125. The zero-order valence-corrected chi connectivity index (χ0v) is 12.7. The molecule has 3 rings (SSSR count). The average molecular weight is 293 g/mol. The average Bonchev–Trinajstić information content (AvgIpc) is 2.93. The third-order valence-electron chi connectivity index (χ3n) is 5.55. The minimum atomic E-state index is -0.633. The molecule has 0 unspecified atom stereocenters. The Balaban J connectivity index is 1.56. The zero-order chi connectivity index (χ0) is 14.7. The number of imide groups is 1. The van der Waals surface area contributed by atoms with Crippen LogP contribution in [0.25, 0.3) is 0 Å². The van der Waals surface area contributed by atoms with Crippen LogP contribution in [0.2, 0.25) is 0 Å². The van der Waals surface area contributed by atoms with Gasteiger partial charge in [-0.15, -0.1) is 0 Å². The molecule has 21 heavy (non-hydrogen) atoms. The van der Waals surface area contributed by atoms with Crippen LogP contribution in [-0.4, -0.2) is 30.1 Å². The van der Waals surface area contributed by atoms with Gasteiger partial charge in [0.2, 0.25) is 0 Å². The molecule has 0 bridgehead atoms. The predicted molar refractivity (Wildman–Crippen MR) is 80.9 cm³/mol. The first-order valence-corrected chi connectivity index (χ1v) is 8.58. The number of nitrogens with one attached hydrogen (secondary N) is 3. The largest absolute Gasteiger partial charge is 0.323 e. The fourth-order valence-electron chi connectivity index (χ4n) is 4.29. The van der Waals surface area contributed by atoms with Crippen LogP contribution >= 0.6 is 0 Å². The van der Waals surface area contributed by atoms with Crippen LogP contribution in [0.3, 0.4) is 0 Å². The molecule has 3 N–H and O–H groups in total. The van der Waals surface area contributed by atoms with Crippen LogP contribution in [0, 0.1) is 5.92 Å². The fourth-order valence-corrected chi connectivity index (χ4v) is 4.29. The summed E-state index contributed by atoms with van der Waals surface area (Å²) >= 11 is 0. The third kappa shape index (κ3) is 3.07. The summed E-state index contributed by atoms with van der Waals surface area (Å²) in [5, 5.41) is 9.01. The molecule has 0 aromatic carbocycles. The third-order valence-corrected chi connectivity index (χ3v) is 5.55. The maximum atomic E-state index is 12.1. The quantitative estimate of drug-likeness (QED) is 0.698. The van der Waals surface area contributed by atoms with Gasteiger partial charge in [0.25, 0.3) is 5.91 Å². The smallest absolute Gasteiger partial charge is 0.322 e. The number of hydrogen-bond acceptors (Lipinski definition) is 3. The molecule has 3 aliphatic rings. The van der Waals surface area contributed by atoms with Gasteiger partial charge in [0.15, 0.2) is 0 Å². The summed E-state index contributed by atoms with van der Waals surface area (Å²) in [5.41, 5.74) is -0.633. The van der Waals surface area contributed by atoms with Gasteiger partial charge < -0.3 is 10.6 Å². The van der Waals surface area contributed by atoms with Gasteiger partial charge in [0.05, 0.1) is 0 Å². The van der Waals surface area contributed by atoms with Crippen molar-refractivity contribution >= 4 is 11.9 Å². The van der Waals surface area contributed by atoms with Crippen molar-refractivity contribution in [2.24, 2.45) is 5.92 Å². The Hall–Kier alpha value is -1.10. The van der Waals surface area contributed by atoms with Gasteiger partial charge >= 0.3 is 6.03 Å². The topological polar surface area (TPSA) is 70.2 Å². The molecule has 0 aromatic heterocycles. The van der Waals surface area contributed by atoms with E-state index < -0.39 is 5.54 Å². The van der Waals surface area contributed by atoms with E-state index >= 15 is 0 Å². The summed E-state index contributed by atoms with van der Waals surface area (Å²) < 4.78 is 0. The molecule has 3 fully saturated rings. The van der Waals surface area contributed by atoms with Gasteiger partial charge in [-0.2, -0.15) is 0 Å². The van der Waals surface area contributed by atoms with E-state index in [-0.39, 0.29) is 17.9 Å². The summed E-state index contributed by atoms with van der Waals surface area (Å²) in [5.74, 6) is 0.115. The highest BCUT2D eigenvalue weighted by atomic mass is 16.2. The van der Waals surface area contributed by atoms with E-state index in [0.717, 1.165) is 25.8 Å². The van der Waals surface area contributed by atoms with Crippen LogP contribution in [0.1, 0.15) is 64.2 Å². The molecule has 2 saturated carbocycles. The molecular weight excluding hydrogens is 266 g/mol. The first-order valence-electron chi connectivity index (χ1n) is 8.58. The summed E-state index contributed by atoms with van der Waals surface area (Å²) in [7, 11) is 0. The zero-order valence-electron chi connectivity index (χ0n) is 12.7. The molecule has 5 nitrogen and oxygen atoms in total. The maximum Gasteiger partial charge on any atom is 0.322 e. The molecule has 1 aliphatic heterocycles. The van der Waals surface area contributed by atoms with Crippen molar-refractivity contribution in [3.8, 4) is 0 Å². The van der Waals surface area contributed by atoms with E-state index in [1.165, 1.54) is 44.9 Å². The lowest BCUT2D eigenvalue weighted by Crippen LogP contribution is -2.53. The Morgan fingerprint density at radius 1 is 1.00 bits per heavy atom. The van der Waals surface area contributed by atoms with E-state index in [1.54, 1.807) is 0 Å². The van der Waals surface area contributed by atoms with E-state index in [9.17, 15) is 9.59 Å². The molecule has 0 aromatic rings. The molecule has 0 radical (unpaired) electrons. The summed E-state index contributed by atoms with van der Waals surface area (Å²) in [4.78, 5) is 23.6. The Kier molecular flexibility index (Phi) is 4.48. The molecular formula is C16H27N3O2. The van der Waals surface area contributed by atoms with Crippen LogP contribution < -0.4 is 16.0 Å². The van der Waals surface area contributed by atoms with Crippen molar-refractivity contribution in [1.82, 2.24) is 16.0 Å². The monoisotopic (exact) mass is 293 g/mol. The number of hydrogen-bond donors (Lipinski definition) is 3. The summed E-state index contributed by atoms with van der Waals surface area (Å²) in [6.45, 7) is 0.846. The minimum absolute atomic E-state index is 0.116. The van der Waals surface area contributed by atoms with Gasteiger partial charge in [0.1, 0.15) is 5.54 Å². The first kappa shape index (κ1) is 14.8.